The third-order valence-corrected chi connectivity index (χ3v) is 5.42. The van der Waals surface area contributed by atoms with Gasteiger partial charge in [-0.3, -0.25) is 14.5 Å². The minimum Gasteiger partial charge on any atom is -0.485 e. The lowest BCUT2D eigenvalue weighted by Gasteiger charge is -2.12. The number of nitrogens with one attached hydrogen (secondary N) is 1. The number of rotatable bonds is 6. The van der Waals surface area contributed by atoms with Crippen molar-refractivity contribution in [2.45, 2.75) is 20.5 Å². The highest BCUT2D eigenvalue weighted by Gasteiger charge is 2.13. The molecule has 7 heteroatoms. The summed E-state index contributed by atoms with van der Waals surface area (Å²) in [6, 6.07) is 20.3. The summed E-state index contributed by atoms with van der Waals surface area (Å²) in [5.74, 6) is 1.25. The average molecular weight is 450 g/mol. The van der Waals surface area contributed by atoms with Crippen LogP contribution in [0.4, 0.5) is 0 Å². The summed E-state index contributed by atoms with van der Waals surface area (Å²) in [6.45, 7) is 4.16. The maximum absolute atomic E-state index is 12.7. The van der Waals surface area contributed by atoms with E-state index >= 15 is 0 Å². The molecule has 0 fully saturated rings. The Morgan fingerprint density at radius 3 is 2.52 bits per heavy atom. The smallest absolute Gasteiger partial charge is 0.199 e. The summed E-state index contributed by atoms with van der Waals surface area (Å²) >= 11 is 11.4. The fraction of sp³-hybridized carbons (Fsp3) is 0.125. The summed E-state index contributed by atoms with van der Waals surface area (Å²) < 4.78 is 8.35. The Morgan fingerprint density at radius 2 is 1.81 bits per heavy atom. The van der Waals surface area contributed by atoms with Crippen molar-refractivity contribution < 1.29 is 9.53 Å². The van der Waals surface area contributed by atoms with E-state index in [-0.39, 0.29) is 12.4 Å². The number of hydrogen-bond acceptors (Lipinski definition) is 4. The molecule has 0 atom stereocenters. The molecule has 1 N–H and O–H groups in total. The fourth-order valence-electron chi connectivity index (χ4n) is 3.28. The standard InChI is InChI=1S/C24H20ClN3O2S/c1-15-6-9-20(10-7-15)28-22(26-27-24(28)31)14-30-21-11-8-18(12-16(21)2)23(29)17-4-3-5-19(25)13-17/h3-13H,14H2,1-2H3,(H,27,31). The van der Waals surface area contributed by atoms with Crippen LogP contribution in [0.5, 0.6) is 5.75 Å². The van der Waals surface area contributed by atoms with Gasteiger partial charge in [0.25, 0.3) is 0 Å². The molecule has 0 bridgehead atoms. The summed E-state index contributed by atoms with van der Waals surface area (Å²) in [4.78, 5) is 12.7. The Bertz CT molecular complexity index is 1310. The van der Waals surface area contributed by atoms with Gasteiger partial charge in [0, 0.05) is 21.8 Å². The van der Waals surface area contributed by atoms with E-state index in [2.05, 4.69) is 10.2 Å². The molecule has 3 aromatic carbocycles. The highest BCUT2D eigenvalue weighted by Crippen LogP contribution is 2.23. The van der Waals surface area contributed by atoms with Crippen LogP contribution >= 0.6 is 23.8 Å². The maximum Gasteiger partial charge on any atom is 0.199 e. The lowest BCUT2D eigenvalue weighted by atomic mass is 10.0. The number of aryl methyl sites for hydroxylation is 2. The number of hydrogen-bond donors (Lipinski definition) is 1. The largest absolute Gasteiger partial charge is 0.485 e. The molecule has 0 aliphatic rings. The van der Waals surface area contributed by atoms with Gasteiger partial charge in [0.1, 0.15) is 12.4 Å². The average Bonchev–Trinajstić information content (AvgIpc) is 3.13. The third-order valence-electron chi connectivity index (χ3n) is 4.91. The van der Waals surface area contributed by atoms with Gasteiger partial charge in [-0.05, 0) is 74.1 Å². The van der Waals surface area contributed by atoms with Crippen molar-refractivity contribution >= 4 is 29.6 Å². The molecule has 0 aliphatic carbocycles. The van der Waals surface area contributed by atoms with E-state index in [9.17, 15) is 4.79 Å². The summed E-state index contributed by atoms with van der Waals surface area (Å²) in [6.07, 6.45) is 0. The number of carbonyl (C=O) groups excluding carboxylic acids is 1. The molecule has 0 aliphatic heterocycles. The first-order chi connectivity index (χ1) is 14.9. The number of H-pyrrole nitrogens is 1. The number of aromatic nitrogens is 3. The number of benzene rings is 3. The molecule has 31 heavy (non-hydrogen) atoms. The van der Waals surface area contributed by atoms with Gasteiger partial charge < -0.3 is 4.74 Å². The van der Waals surface area contributed by atoms with Crippen molar-refractivity contribution in [3.05, 3.63) is 105 Å². The minimum atomic E-state index is -0.0857. The predicted octanol–water partition coefficient (Wildman–Crippen LogP) is 6.01. The van der Waals surface area contributed by atoms with E-state index in [1.807, 2.05) is 48.7 Å². The molecule has 0 amide bonds. The van der Waals surface area contributed by atoms with E-state index in [1.54, 1.807) is 36.4 Å². The van der Waals surface area contributed by atoms with Gasteiger partial charge in [-0.2, -0.15) is 5.10 Å². The number of nitrogens with zero attached hydrogens (tertiary/aromatic N) is 2. The van der Waals surface area contributed by atoms with Crippen LogP contribution in [0.1, 0.15) is 32.9 Å². The van der Waals surface area contributed by atoms with Crippen LogP contribution in [0, 0.1) is 18.6 Å². The molecule has 0 saturated carbocycles. The first-order valence-corrected chi connectivity index (χ1v) is 10.5. The lowest BCUT2D eigenvalue weighted by Crippen LogP contribution is -2.07. The second-order valence-electron chi connectivity index (χ2n) is 7.22. The molecule has 1 aromatic heterocycles. The van der Waals surface area contributed by atoms with Gasteiger partial charge in [0.15, 0.2) is 16.4 Å². The van der Waals surface area contributed by atoms with Crippen molar-refractivity contribution in [3.8, 4) is 11.4 Å². The molecule has 5 nitrogen and oxygen atoms in total. The molecular formula is C24H20ClN3O2S. The zero-order valence-corrected chi connectivity index (χ0v) is 18.6. The van der Waals surface area contributed by atoms with Crippen molar-refractivity contribution in [1.82, 2.24) is 14.8 Å². The second kappa shape index (κ2) is 8.88. The van der Waals surface area contributed by atoms with E-state index < -0.39 is 0 Å². The van der Waals surface area contributed by atoms with Crippen molar-refractivity contribution in [2.75, 3.05) is 0 Å². The first-order valence-electron chi connectivity index (χ1n) is 9.69. The maximum atomic E-state index is 12.7. The Balaban J connectivity index is 1.53. The molecule has 4 aromatic rings. The minimum absolute atomic E-state index is 0.0857. The van der Waals surface area contributed by atoms with Gasteiger partial charge in [0.2, 0.25) is 0 Å². The highest BCUT2D eigenvalue weighted by molar-refractivity contribution is 7.71. The predicted molar refractivity (Wildman–Crippen MR) is 124 cm³/mol. The monoisotopic (exact) mass is 449 g/mol. The summed E-state index contributed by atoms with van der Waals surface area (Å²) in [5, 5.41) is 7.67. The van der Waals surface area contributed by atoms with Gasteiger partial charge in [-0.15, -0.1) is 0 Å². The quantitative estimate of drug-likeness (QED) is 0.289. The molecule has 0 unspecified atom stereocenters. The number of aromatic amines is 1. The number of ketones is 1. The van der Waals surface area contributed by atoms with E-state index in [0.717, 1.165) is 11.3 Å². The normalized spacial score (nSPS) is 10.8. The van der Waals surface area contributed by atoms with Crippen LogP contribution in [-0.4, -0.2) is 20.5 Å². The van der Waals surface area contributed by atoms with E-state index in [0.29, 0.717) is 32.5 Å². The summed E-state index contributed by atoms with van der Waals surface area (Å²) in [5.41, 5.74) is 4.06. The SMILES string of the molecule is Cc1ccc(-n2c(COc3ccc(C(=O)c4cccc(Cl)c4)cc3C)n[nH]c2=S)cc1. The van der Waals surface area contributed by atoms with Crippen LogP contribution in [0.2, 0.25) is 5.02 Å². The number of ether oxygens (including phenoxy) is 1. The molecule has 156 valence electrons. The topological polar surface area (TPSA) is 59.9 Å². The molecule has 4 rings (SSSR count). The molecule has 0 spiro atoms. The Labute approximate surface area is 190 Å². The van der Waals surface area contributed by atoms with Crippen LogP contribution in [0.3, 0.4) is 0 Å². The first kappa shape index (κ1) is 21.0. The van der Waals surface area contributed by atoms with Gasteiger partial charge in [-0.25, -0.2) is 0 Å². The van der Waals surface area contributed by atoms with Gasteiger partial charge in [0.05, 0.1) is 0 Å². The molecule has 1 heterocycles. The third kappa shape index (κ3) is 4.60. The van der Waals surface area contributed by atoms with Gasteiger partial charge in [-0.1, -0.05) is 41.4 Å². The van der Waals surface area contributed by atoms with Crippen LogP contribution in [0.25, 0.3) is 5.69 Å². The number of halogens is 1. The van der Waals surface area contributed by atoms with Crippen LogP contribution in [0.15, 0.2) is 66.7 Å². The van der Waals surface area contributed by atoms with Crippen LogP contribution in [-0.2, 0) is 6.61 Å². The van der Waals surface area contributed by atoms with Crippen molar-refractivity contribution in [1.29, 1.82) is 0 Å². The molecule has 0 saturated heterocycles. The number of carbonyl (C=O) groups is 1. The van der Waals surface area contributed by atoms with E-state index in [4.69, 9.17) is 28.6 Å². The van der Waals surface area contributed by atoms with Crippen molar-refractivity contribution in [3.63, 3.8) is 0 Å². The Morgan fingerprint density at radius 1 is 1.06 bits per heavy atom. The zero-order valence-electron chi connectivity index (χ0n) is 17.1. The van der Waals surface area contributed by atoms with E-state index in [1.165, 1.54) is 5.56 Å². The lowest BCUT2D eigenvalue weighted by molar-refractivity contribution is 0.103. The fourth-order valence-corrected chi connectivity index (χ4v) is 3.72. The molecule has 0 radical (unpaired) electrons. The Hall–Kier alpha value is -3.22. The highest BCUT2D eigenvalue weighted by atomic mass is 35.5. The molecular weight excluding hydrogens is 430 g/mol. The Kier molecular flexibility index (Phi) is 6.02. The van der Waals surface area contributed by atoms with Gasteiger partial charge >= 0.3 is 0 Å². The van der Waals surface area contributed by atoms with Crippen molar-refractivity contribution in [2.24, 2.45) is 0 Å². The summed E-state index contributed by atoms with van der Waals surface area (Å²) in [7, 11) is 0. The zero-order chi connectivity index (χ0) is 22.0. The second-order valence-corrected chi connectivity index (χ2v) is 8.05. The van der Waals surface area contributed by atoms with Crippen LogP contribution < -0.4 is 4.74 Å².